The van der Waals surface area contributed by atoms with Crippen molar-refractivity contribution in [1.82, 2.24) is 15.1 Å². The lowest BCUT2D eigenvalue weighted by Crippen LogP contribution is -2.60. The van der Waals surface area contributed by atoms with Gasteiger partial charge in [0.25, 0.3) is 0 Å². The van der Waals surface area contributed by atoms with Gasteiger partial charge in [-0.2, -0.15) is 0 Å². The summed E-state index contributed by atoms with van der Waals surface area (Å²) in [5.41, 5.74) is 0.200. The Balaban J connectivity index is 1.58. The molecule has 0 saturated carbocycles. The lowest BCUT2D eigenvalue weighted by Gasteiger charge is -2.34. The van der Waals surface area contributed by atoms with E-state index >= 15 is 0 Å². The Morgan fingerprint density at radius 1 is 1.10 bits per heavy atom. The zero-order valence-electron chi connectivity index (χ0n) is 21.9. The first-order chi connectivity index (χ1) is 19.4. The monoisotopic (exact) mass is 569 g/mol. The average molecular weight is 569 g/mol. The molecule has 41 heavy (non-hydrogen) atoms. The number of benzene rings is 2. The Labute approximate surface area is 233 Å². The number of ketones is 1. The molecule has 15 heteroatoms. The van der Waals surface area contributed by atoms with Crippen molar-refractivity contribution in [3.8, 4) is 17.2 Å². The van der Waals surface area contributed by atoms with Crippen LogP contribution in [0.2, 0.25) is 5.82 Å². The molecule has 2 aliphatic heterocycles. The van der Waals surface area contributed by atoms with Crippen LogP contribution < -0.4 is 9.97 Å². The quantitative estimate of drug-likeness (QED) is 0.142. The summed E-state index contributed by atoms with van der Waals surface area (Å²) in [7, 11) is -1.60. The molecule has 0 aliphatic carbocycles. The zero-order chi connectivity index (χ0) is 30.0. The smallest absolute Gasteiger partial charge is 0.526 e. The van der Waals surface area contributed by atoms with E-state index in [4.69, 9.17) is 4.65 Å². The fourth-order valence-corrected chi connectivity index (χ4v) is 4.85. The van der Waals surface area contributed by atoms with E-state index in [1.165, 1.54) is 23.1 Å². The number of nitrogens with one attached hydrogen (secondary N) is 1. The van der Waals surface area contributed by atoms with Gasteiger partial charge >= 0.3 is 30.9 Å². The molecule has 0 bridgehead atoms. The average Bonchev–Trinajstić information content (AvgIpc) is 2.94. The molecule has 2 aromatic rings. The third-order valence-electron chi connectivity index (χ3n) is 7.13. The van der Waals surface area contributed by atoms with Gasteiger partial charge in [0, 0.05) is 31.9 Å². The number of imide groups is 1. The topological polar surface area (TPSA) is 214 Å². The van der Waals surface area contributed by atoms with Gasteiger partial charge in [-0.05, 0) is 42.7 Å². The number of aliphatic hydroxyl groups is 1. The number of carboxylic acids is 1. The van der Waals surface area contributed by atoms with E-state index in [0.29, 0.717) is 10.5 Å². The van der Waals surface area contributed by atoms with Crippen LogP contribution in [0.15, 0.2) is 36.4 Å². The number of para-hydroxylation sites is 1. The van der Waals surface area contributed by atoms with Gasteiger partial charge in [-0.15, -0.1) is 0 Å². The molecular formula is C26H28BN3O11. The number of aliphatic hydroxyl groups excluding tert-OH is 1. The predicted octanol–water partition coefficient (Wildman–Crippen LogP) is 0.0433. The summed E-state index contributed by atoms with van der Waals surface area (Å²) >= 11 is 0. The molecule has 2 unspecified atom stereocenters. The number of nitrogens with zero attached hydrogens (tertiary/aromatic N) is 2. The first-order valence-corrected chi connectivity index (χ1v) is 12.8. The maximum atomic E-state index is 13.5. The molecule has 4 amide bonds. The van der Waals surface area contributed by atoms with E-state index in [0.717, 1.165) is 12.1 Å². The van der Waals surface area contributed by atoms with E-state index in [-0.39, 0.29) is 42.9 Å². The molecule has 216 valence electrons. The molecule has 1 saturated heterocycles. The van der Waals surface area contributed by atoms with E-state index in [9.17, 15) is 49.4 Å². The number of hydrogen-bond acceptors (Lipinski definition) is 10. The molecule has 14 nitrogen and oxygen atoms in total. The van der Waals surface area contributed by atoms with Crippen molar-refractivity contribution < 1.29 is 54.1 Å². The first kappa shape index (κ1) is 29.4. The van der Waals surface area contributed by atoms with Gasteiger partial charge in [0.15, 0.2) is 17.3 Å². The number of carbonyl (C=O) groups excluding carboxylic acids is 4. The zero-order valence-corrected chi connectivity index (χ0v) is 21.9. The van der Waals surface area contributed by atoms with Gasteiger partial charge in [-0.25, -0.2) is 9.59 Å². The Kier molecular flexibility index (Phi) is 8.49. The van der Waals surface area contributed by atoms with E-state index in [2.05, 4.69) is 5.32 Å². The maximum Gasteiger partial charge on any atom is 0.526 e. The van der Waals surface area contributed by atoms with Crippen molar-refractivity contribution >= 4 is 36.7 Å². The number of carboxylic acid groups (broad SMARTS) is 1. The molecule has 3 atom stereocenters. The summed E-state index contributed by atoms with van der Waals surface area (Å²) in [6, 6.07) is 4.81. The summed E-state index contributed by atoms with van der Waals surface area (Å²) in [6.07, 6.45) is -2.21. The Hall–Kier alpha value is -4.63. The highest BCUT2D eigenvalue weighted by atomic mass is 16.5. The summed E-state index contributed by atoms with van der Waals surface area (Å²) in [6.45, 7) is 1.85. The Morgan fingerprint density at radius 2 is 1.83 bits per heavy atom. The van der Waals surface area contributed by atoms with Crippen LogP contribution in [0.5, 0.6) is 17.2 Å². The Morgan fingerprint density at radius 3 is 2.49 bits per heavy atom. The predicted molar refractivity (Wildman–Crippen MR) is 140 cm³/mol. The summed E-state index contributed by atoms with van der Waals surface area (Å²) in [5.74, 6) is -6.10. The molecule has 6 N–H and O–H groups in total. The van der Waals surface area contributed by atoms with Crippen LogP contribution in [-0.4, -0.2) is 97.6 Å². The lowest BCUT2D eigenvalue weighted by atomic mass is 9.64. The number of likely N-dealkylation sites (N-methyl/N-ethyl adjacent to an activating group) is 1. The third kappa shape index (κ3) is 5.95. The van der Waals surface area contributed by atoms with Crippen molar-refractivity contribution in [1.29, 1.82) is 0 Å². The molecule has 2 aliphatic rings. The van der Waals surface area contributed by atoms with Crippen molar-refractivity contribution in [2.24, 2.45) is 0 Å². The van der Waals surface area contributed by atoms with Crippen LogP contribution in [0.4, 0.5) is 4.79 Å². The number of carbonyl (C=O) groups is 5. The second kappa shape index (κ2) is 11.9. The molecule has 2 aromatic carbocycles. The lowest BCUT2D eigenvalue weighted by molar-refractivity contribution is -0.153. The second-order valence-electron chi connectivity index (χ2n) is 9.70. The number of hydrogen-bond donors (Lipinski definition) is 6. The van der Waals surface area contributed by atoms with Crippen molar-refractivity contribution in [3.63, 3.8) is 0 Å². The number of rotatable bonds is 8. The molecule has 2 heterocycles. The van der Waals surface area contributed by atoms with Gasteiger partial charge in [0.1, 0.15) is 17.9 Å². The maximum absolute atomic E-state index is 13.5. The van der Waals surface area contributed by atoms with Crippen LogP contribution in [0.1, 0.15) is 40.9 Å². The number of amides is 4. The first-order valence-electron chi connectivity index (χ1n) is 12.8. The van der Waals surface area contributed by atoms with Crippen LogP contribution >= 0.6 is 0 Å². The third-order valence-corrected chi connectivity index (χ3v) is 7.13. The van der Waals surface area contributed by atoms with Gasteiger partial charge in [0.2, 0.25) is 0 Å². The second-order valence-corrected chi connectivity index (χ2v) is 9.70. The Bertz CT molecular complexity index is 1400. The van der Waals surface area contributed by atoms with Crippen LogP contribution in [0.3, 0.4) is 0 Å². The molecular weight excluding hydrogens is 541 g/mol. The molecule has 0 spiro atoms. The van der Waals surface area contributed by atoms with Crippen molar-refractivity contribution in [2.75, 3.05) is 19.6 Å². The van der Waals surface area contributed by atoms with Gasteiger partial charge in [0.05, 0.1) is 5.56 Å². The minimum Gasteiger partial charge on any atom is -0.535 e. The normalized spacial score (nSPS) is 18.3. The van der Waals surface area contributed by atoms with Gasteiger partial charge < -0.3 is 40.3 Å². The molecule has 0 aromatic heterocycles. The van der Waals surface area contributed by atoms with E-state index in [1.54, 1.807) is 13.0 Å². The fraction of sp³-hybridized carbons (Fsp3) is 0.346. The molecule has 0 radical (unpaired) electrons. The van der Waals surface area contributed by atoms with Crippen LogP contribution in [0, 0.1) is 0 Å². The number of urea groups is 1. The highest BCUT2D eigenvalue weighted by Crippen LogP contribution is 2.37. The number of fused-ring (bicyclic) bond motifs is 1. The SMILES string of the molecule is CCN1CCN(C(=O)NC(C(=O)C[C@H]2Cc3cccc(C(=O)O)c3OB2O)C(O)c2ccc(O)c(O)c2)C(=O)C1=O. The number of aromatic hydroxyl groups is 2. The molecule has 1 fully saturated rings. The minimum atomic E-state index is -1.78. The van der Waals surface area contributed by atoms with Gasteiger partial charge in [-0.1, -0.05) is 18.2 Å². The number of phenolic OH excluding ortho intramolecular Hbond substituents is 2. The standard InChI is InChI=1S/C26H28BN3O11/c1-2-29-8-9-30(24(36)23(29)35)26(39)28-20(21(34)13-6-7-17(31)18(32)11-13)19(33)12-15-10-14-4-3-5-16(25(37)38)22(14)41-27(15)40/h3-7,11,15,20-21,31-32,34,40H,2,8-10,12H2,1H3,(H,28,39)(H,37,38)/t15-,20?,21?/m1/s1. The largest absolute Gasteiger partial charge is 0.535 e. The highest BCUT2D eigenvalue weighted by Gasteiger charge is 2.42. The van der Waals surface area contributed by atoms with E-state index in [1.807, 2.05) is 0 Å². The summed E-state index contributed by atoms with van der Waals surface area (Å²) in [4.78, 5) is 64.9. The molecule has 4 rings (SSSR count). The number of aromatic carboxylic acids is 1. The summed E-state index contributed by atoms with van der Waals surface area (Å²) < 4.78 is 5.43. The summed E-state index contributed by atoms with van der Waals surface area (Å²) in [5, 5.41) is 52.9. The fourth-order valence-electron chi connectivity index (χ4n) is 4.85. The van der Waals surface area contributed by atoms with Crippen molar-refractivity contribution in [2.45, 2.75) is 37.7 Å². The highest BCUT2D eigenvalue weighted by molar-refractivity contribution is 6.47. The number of phenols is 2. The number of Topliss-reactive ketones (excluding diaryl/α,β-unsaturated/α-hetero) is 1. The minimum absolute atomic E-state index is 0.0324. The van der Waals surface area contributed by atoms with Crippen molar-refractivity contribution in [3.05, 3.63) is 53.1 Å². The van der Waals surface area contributed by atoms with Crippen LogP contribution in [0.25, 0.3) is 0 Å². The van der Waals surface area contributed by atoms with E-state index < -0.39 is 72.6 Å². The van der Waals surface area contributed by atoms with Crippen LogP contribution in [-0.2, 0) is 20.8 Å². The number of piperazine rings is 1. The van der Waals surface area contributed by atoms with Gasteiger partial charge in [-0.3, -0.25) is 19.3 Å².